The minimum absolute atomic E-state index is 0. The molecule has 3 aromatic carbocycles. The third-order valence-electron chi connectivity index (χ3n) is 2.23. The molecule has 24 heavy (non-hydrogen) atoms. The van der Waals surface area contributed by atoms with Crippen LogP contribution in [0.15, 0.2) is 91.0 Å². The minimum atomic E-state index is 0. The van der Waals surface area contributed by atoms with Gasteiger partial charge >= 0.3 is 88.7 Å². The van der Waals surface area contributed by atoms with Gasteiger partial charge in [0.1, 0.15) is 0 Å². The van der Waals surface area contributed by atoms with Gasteiger partial charge in [-0.2, -0.15) is 0 Å². The molecule has 3 aromatic rings. The van der Waals surface area contributed by atoms with Crippen LogP contribution >= 0.6 is 0 Å². The van der Waals surface area contributed by atoms with Crippen LogP contribution in [0, 0.1) is 0 Å². The van der Waals surface area contributed by atoms with Crippen LogP contribution in [-0.4, -0.2) is 0 Å². The van der Waals surface area contributed by atoms with Crippen molar-refractivity contribution in [3.63, 3.8) is 0 Å². The summed E-state index contributed by atoms with van der Waals surface area (Å²) in [6.45, 7) is 0. The Morgan fingerprint density at radius 2 is 0.500 bits per heavy atom. The van der Waals surface area contributed by atoms with Gasteiger partial charge in [0, 0.05) is 0 Å². The van der Waals surface area contributed by atoms with E-state index in [4.69, 9.17) is 0 Å². The molecule has 0 unspecified atom stereocenters. The Kier molecular flexibility index (Phi) is 23.3. The maximum atomic E-state index is 10.3. The van der Waals surface area contributed by atoms with Gasteiger partial charge in [0.15, 0.2) is 0 Å². The zero-order chi connectivity index (χ0) is 15.3. The van der Waals surface area contributed by atoms with Crippen LogP contribution in [0.3, 0.4) is 0 Å². The molecule has 3 nitrogen and oxygen atoms in total. The van der Waals surface area contributed by atoms with E-state index >= 15 is 0 Å². The van der Waals surface area contributed by atoms with Crippen molar-refractivity contribution in [2.75, 3.05) is 0 Å². The van der Waals surface area contributed by atoms with E-state index in [2.05, 4.69) is 0 Å². The molecule has 0 fully saturated rings. The molecule has 0 amide bonds. The Hall–Kier alpha value is 0.0600. The molecule has 0 radical (unpaired) electrons. The van der Waals surface area contributed by atoms with Crippen LogP contribution in [0.2, 0.25) is 0 Å². The van der Waals surface area contributed by atoms with Gasteiger partial charge in [-0.1, -0.05) is 91.0 Å². The van der Waals surface area contributed by atoms with E-state index in [1.54, 1.807) is 36.4 Å². The zero-order valence-electron chi connectivity index (χ0n) is 14.4. The van der Waals surface area contributed by atoms with Crippen LogP contribution in [0.4, 0.5) is 0 Å². The Morgan fingerprint density at radius 3 is 0.583 bits per heavy atom. The molecular weight excluding hydrogens is 333 g/mol. The first-order valence-electron chi connectivity index (χ1n) is 6.34. The van der Waals surface area contributed by atoms with E-state index in [0.717, 1.165) is 0 Å². The third-order valence-corrected chi connectivity index (χ3v) is 2.23. The molecule has 0 bridgehead atoms. The minimum Gasteiger partial charge on any atom is -0.872 e. The maximum absolute atomic E-state index is 10.3. The first kappa shape index (κ1) is 28.8. The summed E-state index contributed by atoms with van der Waals surface area (Å²) in [5.41, 5.74) is 0. The van der Waals surface area contributed by atoms with Crippen LogP contribution in [0.25, 0.3) is 0 Å². The SMILES string of the molecule is [Na+].[Na+].[Na+].[O-]c1ccccc1.[O-]c1ccccc1.[O-]c1ccccc1. The number of benzene rings is 3. The summed E-state index contributed by atoms with van der Waals surface area (Å²) in [5.74, 6) is 0.215. The fourth-order valence-electron chi connectivity index (χ4n) is 1.26. The summed E-state index contributed by atoms with van der Waals surface area (Å²) in [6.07, 6.45) is 0. The molecule has 0 heterocycles. The van der Waals surface area contributed by atoms with Crippen molar-refractivity contribution < 1.29 is 104 Å². The molecule has 0 aromatic heterocycles. The van der Waals surface area contributed by atoms with Crippen LogP contribution < -0.4 is 104 Å². The second-order valence-corrected chi connectivity index (χ2v) is 3.94. The molecule has 0 saturated carbocycles. The Bertz CT molecular complexity index is 505. The molecule has 0 N–H and O–H groups in total. The summed E-state index contributed by atoms with van der Waals surface area (Å²) in [4.78, 5) is 0. The van der Waals surface area contributed by atoms with Gasteiger partial charge in [0.2, 0.25) is 0 Å². The predicted octanol–water partition coefficient (Wildman–Crippen LogP) is -6.71. The van der Waals surface area contributed by atoms with Gasteiger partial charge in [-0.25, -0.2) is 0 Å². The van der Waals surface area contributed by atoms with Crippen molar-refractivity contribution in [3.8, 4) is 17.2 Å². The molecule has 108 valence electrons. The number of rotatable bonds is 0. The second kappa shape index (κ2) is 19.4. The normalized spacial score (nSPS) is 7.50. The average molecular weight is 348 g/mol. The quantitative estimate of drug-likeness (QED) is 0.379. The van der Waals surface area contributed by atoms with Gasteiger partial charge in [0.25, 0.3) is 0 Å². The van der Waals surface area contributed by atoms with Crippen LogP contribution in [0.1, 0.15) is 0 Å². The van der Waals surface area contributed by atoms with Crippen LogP contribution in [0.5, 0.6) is 17.2 Å². The fraction of sp³-hybridized carbons (Fsp3) is 0. The topological polar surface area (TPSA) is 69.2 Å². The van der Waals surface area contributed by atoms with Gasteiger partial charge in [0.05, 0.1) is 0 Å². The Morgan fingerprint density at radius 1 is 0.333 bits per heavy atom. The van der Waals surface area contributed by atoms with Crippen LogP contribution in [-0.2, 0) is 0 Å². The molecule has 0 aliphatic carbocycles. The van der Waals surface area contributed by atoms with Crippen molar-refractivity contribution in [1.29, 1.82) is 0 Å². The van der Waals surface area contributed by atoms with Crippen molar-refractivity contribution in [3.05, 3.63) is 91.0 Å². The van der Waals surface area contributed by atoms with E-state index in [1.807, 2.05) is 18.2 Å². The molecule has 0 aliphatic heterocycles. The summed E-state index contributed by atoms with van der Waals surface area (Å²) >= 11 is 0. The van der Waals surface area contributed by atoms with Crippen molar-refractivity contribution >= 4 is 0 Å². The van der Waals surface area contributed by atoms with Crippen molar-refractivity contribution in [2.24, 2.45) is 0 Å². The van der Waals surface area contributed by atoms with Gasteiger partial charge in [-0.3, -0.25) is 0 Å². The summed E-state index contributed by atoms with van der Waals surface area (Å²) < 4.78 is 0. The smallest absolute Gasteiger partial charge is 0.872 e. The zero-order valence-corrected chi connectivity index (χ0v) is 20.4. The molecule has 0 aliphatic rings. The molecule has 3 rings (SSSR count). The number of para-hydroxylation sites is 3. The second-order valence-electron chi connectivity index (χ2n) is 3.94. The van der Waals surface area contributed by atoms with E-state index < -0.39 is 0 Å². The standard InChI is InChI=1S/3C6H6O.3Na/c3*7-6-4-2-1-3-5-6;;;/h3*1-5,7H;;;/q;;;3*+1/p-3. The molecule has 0 spiro atoms. The largest absolute Gasteiger partial charge is 1.00 e. The summed E-state index contributed by atoms with van der Waals surface area (Å²) in [5, 5.41) is 30.8. The maximum Gasteiger partial charge on any atom is 1.00 e. The Labute approximate surface area is 209 Å². The average Bonchev–Trinajstić information content (AvgIpc) is 2.51. The first-order chi connectivity index (χ1) is 10.2. The third kappa shape index (κ3) is 16.9. The van der Waals surface area contributed by atoms with E-state index in [-0.39, 0.29) is 106 Å². The van der Waals surface area contributed by atoms with Gasteiger partial charge in [-0.15, -0.1) is 17.2 Å². The molecule has 6 heteroatoms. The first-order valence-corrected chi connectivity index (χ1v) is 6.34. The van der Waals surface area contributed by atoms with E-state index in [1.165, 1.54) is 36.4 Å². The van der Waals surface area contributed by atoms with Gasteiger partial charge < -0.3 is 15.3 Å². The van der Waals surface area contributed by atoms with Crippen molar-refractivity contribution in [2.45, 2.75) is 0 Å². The fourth-order valence-corrected chi connectivity index (χ4v) is 1.26. The summed E-state index contributed by atoms with van der Waals surface area (Å²) in [6, 6.07) is 25.0. The van der Waals surface area contributed by atoms with Crippen molar-refractivity contribution in [1.82, 2.24) is 0 Å². The molecule has 0 saturated heterocycles. The molecule has 0 atom stereocenters. The number of hydrogen-bond donors (Lipinski definition) is 0. The number of hydrogen-bond acceptors (Lipinski definition) is 3. The van der Waals surface area contributed by atoms with E-state index in [9.17, 15) is 15.3 Å². The molecular formula is C18H15Na3O3. The Balaban J connectivity index is -0.000000259. The monoisotopic (exact) mass is 348 g/mol. The van der Waals surface area contributed by atoms with Gasteiger partial charge in [-0.05, 0) is 0 Å². The predicted molar refractivity (Wildman–Crippen MR) is 77.7 cm³/mol. The van der Waals surface area contributed by atoms with E-state index in [0.29, 0.717) is 0 Å². The summed E-state index contributed by atoms with van der Waals surface area (Å²) in [7, 11) is 0.